The summed E-state index contributed by atoms with van der Waals surface area (Å²) in [6.45, 7) is 9.77. The summed E-state index contributed by atoms with van der Waals surface area (Å²) < 4.78 is 1.57. The van der Waals surface area contributed by atoms with Crippen molar-refractivity contribution in [3.8, 4) is 5.69 Å². The third-order valence-corrected chi connectivity index (χ3v) is 4.24. The van der Waals surface area contributed by atoms with Gasteiger partial charge in [0.15, 0.2) is 0 Å². The molecule has 9 heteroatoms. The number of amides is 3. The molecular formula is C17H24N6O2S. The number of hydrogen-bond donors (Lipinski definition) is 2. The summed E-state index contributed by atoms with van der Waals surface area (Å²) in [6, 6.07) is 7.41. The molecule has 1 heterocycles. The van der Waals surface area contributed by atoms with Crippen LogP contribution in [0.1, 0.15) is 46.1 Å². The molecule has 3 amide bonds. The van der Waals surface area contributed by atoms with Crippen LogP contribution in [0.5, 0.6) is 0 Å². The lowest BCUT2D eigenvalue weighted by Crippen LogP contribution is -2.48. The standard InChI is InChI=1S/C17H24N6O2S/c1-11(2)12-6-8-13(9-7-12)23-16(20-21-22-23)26-10-14(24)18-15(25)19-17(3,4)5/h6-9,11H,10H2,1-5H3,(H2,18,19,24,25). The van der Waals surface area contributed by atoms with Gasteiger partial charge in [-0.25, -0.2) is 4.79 Å². The maximum absolute atomic E-state index is 11.9. The predicted octanol–water partition coefficient (Wildman–Crippen LogP) is 2.50. The fraction of sp³-hybridized carbons (Fsp3) is 0.471. The lowest BCUT2D eigenvalue weighted by molar-refractivity contribution is -0.117. The van der Waals surface area contributed by atoms with Crippen molar-refractivity contribution in [1.82, 2.24) is 30.8 Å². The number of nitrogens with one attached hydrogen (secondary N) is 2. The highest BCUT2D eigenvalue weighted by atomic mass is 32.2. The Morgan fingerprint density at radius 3 is 2.42 bits per heavy atom. The fourth-order valence-corrected chi connectivity index (χ4v) is 2.79. The monoisotopic (exact) mass is 376 g/mol. The molecule has 0 aliphatic carbocycles. The zero-order valence-corrected chi connectivity index (χ0v) is 16.4. The molecule has 0 bridgehead atoms. The Kier molecular flexibility index (Phi) is 6.36. The highest BCUT2D eigenvalue weighted by Crippen LogP contribution is 2.20. The van der Waals surface area contributed by atoms with Crippen LogP contribution >= 0.6 is 11.8 Å². The largest absolute Gasteiger partial charge is 0.333 e. The lowest BCUT2D eigenvalue weighted by atomic mass is 10.0. The summed E-state index contributed by atoms with van der Waals surface area (Å²) in [5.41, 5.74) is 1.62. The highest BCUT2D eigenvalue weighted by molar-refractivity contribution is 7.99. The summed E-state index contributed by atoms with van der Waals surface area (Å²) in [4.78, 5) is 23.6. The number of carbonyl (C=O) groups is 2. The molecule has 0 aliphatic rings. The van der Waals surface area contributed by atoms with E-state index < -0.39 is 17.5 Å². The molecule has 2 aromatic rings. The minimum absolute atomic E-state index is 0.0298. The van der Waals surface area contributed by atoms with Crippen molar-refractivity contribution in [2.24, 2.45) is 0 Å². The van der Waals surface area contributed by atoms with Gasteiger partial charge < -0.3 is 5.32 Å². The molecule has 0 unspecified atom stereocenters. The van der Waals surface area contributed by atoms with Gasteiger partial charge in [-0.1, -0.05) is 37.7 Å². The van der Waals surface area contributed by atoms with Gasteiger partial charge in [-0.05, 0) is 54.8 Å². The average Bonchev–Trinajstić information content (AvgIpc) is 2.99. The molecule has 0 saturated carbocycles. The van der Waals surface area contributed by atoms with Crippen LogP contribution in [0.2, 0.25) is 0 Å². The highest BCUT2D eigenvalue weighted by Gasteiger charge is 2.17. The van der Waals surface area contributed by atoms with E-state index in [2.05, 4.69) is 40.0 Å². The molecule has 8 nitrogen and oxygen atoms in total. The summed E-state index contributed by atoms with van der Waals surface area (Å²) in [7, 11) is 0. The number of tetrazole rings is 1. The molecule has 0 saturated heterocycles. The number of rotatable bonds is 5. The maximum atomic E-state index is 11.9. The van der Waals surface area contributed by atoms with E-state index in [0.717, 1.165) is 17.4 Å². The lowest BCUT2D eigenvalue weighted by Gasteiger charge is -2.20. The number of hydrogen-bond acceptors (Lipinski definition) is 6. The van der Waals surface area contributed by atoms with Gasteiger partial charge in [0.05, 0.1) is 11.4 Å². The van der Waals surface area contributed by atoms with E-state index in [0.29, 0.717) is 11.1 Å². The summed E-state index contributed by atoms with van der Waals surface area (Å²) in [5, 5.41) is 17.0. The van der Waals surface area contributed by atoms with E-state index in [-0.39, 0.29) is 5.75 Å². The molecule has 1 aromatic heterocycles. The predicted molar refractivity (Wildman–Crippen MR) is 100 cm³/mol. The van der Waals surface area contributed by atoms with Crippen molar-refractivity contribution in [2.45, 2.75) is 51.2 Å². The molecule has 0 radical (unpaired) electrons. The van der Waals surface area contributed by atoms with E-state index in [1.807, 2.05) is 45.0 Å². The molecule has 0 atom stereocenters. The second kappa shape index (κ2) is 8.31. The first-order valence-corrected chi connectivity index (χ1v) is 9.28. The maximum Gasteiger partial charge on any atom is 0.321 e. The molecule has 2 N–H and O–H groups in total. The van der Waals surface area contributed by atoms with Crippen LogP contribution in [-0.2, 0) is 4.79 Å². The van der Waals surface area contributed by atoms with Gasteiger partial charge >= 0.3 is 6.03 Å². The van der Waals surface area contributed by atoms with Crippen LogP contribution in [0.4, 0.5) is 4.79 Å². The van der Waals surface area contributed by atoms with Gasteiger partial charge in [0.25, 0.3) is 0 Å². The van der Waals surface area contributed by atoms with E-state index in [1.54, 1.807) is 4.68 Å². The first kappa shape index (κ1) is 19.9. The number of nitrogens with zero attached hydrogens (tertiary/aromatic N) is 4. The van der Waals surface area contributed by atoms with Crippen molar-refractivity contribution in [1.29, 1.82) is 0 Å². The molecule has 26 heavy (non-hydrogen) atoms. The third kappa shape index (κ3) is 5.83. The Morgan fingerprint density at radius 2 is 1.85 bits per heavy atom. The van der Waals surface area contributed by atoms with Gasteiger partial charge in [0.1, 0.15) is 0 Å². The van der Waals surface area contributed by atoms with Gasteiger partial charge in [0, 0.05) is 5.54 Å². The van der Waals surface area contributed by atoms with Crippen LogP contribution in [0.15, 0.2) is 29.4 Å². The zero-order valence-electron chi connectivity index (χ0n) is 15.6. The van der Waals surface area contributed by atoms with Crippen LogP contribution in [-0.4, -0.2) is 43.4 Å². The molecule has 0 spiro atoms. The summed E-state index contributed by atoms with van der Waals surface area (Å²) >= 11 is 1.16. The number of urea groups is 1. The number of thioether (sulfide) groups is 1. The fourth-order valence-electron chi connectivity index (χ4n) is 2.10. The second-order valence-electron chi connectivity index (χ2n) is 7.16. The first-order valence-electron chi connectivity index (χ1n) is 8.29. The van der Waals surface area contributed by atoms with E-state index in [9.17, 15) is 9.59 Å². The van der Waals surface area contributed by atoms with Crippen LogP contribution in [0.25, 0.3) is 5.69 Å². The van der Waals surface area contributed by atoms with Crippen LogP contribution in [0.3, 0.4) is 0 Å². The average molecular weight is 376 g/mol. The summed E-state index contributed by atoms with van der Waals surface area (Å²) in [5.74, 6) is 0.0540. The zero-order chi connectivity index (χ0) is 19.3. The molecule has 0 fully saturated rings. The van der Waals surface area contributed by atoms with E-state index >= 15 is 0 Å². The number of imide groups is 1. The molecule has 0 aliphatic heterocycles. The van der Waals surface area contributed by atoms with E-state index in [4.69, 9.17) is 0 Å². The quantitative estimate of drug-likeness (QED) is 0.778. The van der Waals surface area contributed by atoms with Crippen molar-refractivity contribution >= 4 is 23.7 Å². The second-order valence-corrected chi connectivity index (χ2v) is 8.10. The van der Waals surface area contributed by atoms with Gasteiger partial charge in [-0.15, -0.1) is 5.10 Å². The Bertz CT molecular complexity index is 764. The number of carbonyl (C=O) groups excluding carboxylic acids is 2. The Balaban J connectivity index is 1.96. The number of benzene rings is 1. The Morgan fingerprint density at radius 1 is 1.19 bits per heavy atom. The SMILES string of the molecule is CC(C)c1ccc(-n2nnnc2SCC(=O)NC(=O)NC(C)(C)C)cc1. The Hall–Kier alpha value is -2.42. The minimum atomic E-state index is -0.521. The van der Waals surface area contributed by atoms with Crippen molar-refractivity contribution < 1.29 is 9.59 Å². The molecule has 140 valence electrons. The normalized spacial score (nSPS) is 11.5. The Labute approximate surface area is 157 Å². The van der Waals surface area contributed by atoms with Gasteiger partial charge in [-0.3, -0.25) is 10.1 Å². The van der Waals surface area contributed by atoms with Gasteiger partial charge in [0.2, 0.25) is 11.1 Å². The number of aromatic nitrogens is 4. The first-order chi connectivity index (χ1) is 12.2. The third-order valence-electron chi connectivity index (χ3n) is 3.32. The van der Waals surface area contributed by atoms with Crippen molar-refractivity contribution in [3.63, 3.8) is 0 Å². The topological polar surface area (TPSA) is 102 Å². The van der Waals surface area contributed by atoms with Crippen LogP contribution in [0, 0.1) is 0 Å². The smallest absolute Gasteiger partial charge is 0.321 e. The van der Waals surface area contributed by atoms with Crippen molar-refractivity contribution in [3.05, 3.63) is 29.8 Å². The minimum Gasteiger partial charge on any atom is -0.333 e. The molecular weight excluding hydrogens is 352 g/mol. The van der Waals surface area contributed by atoms with Crippen molar-refractivity contribution in [2.75, 3.05) is 5.75 Å². The molecule has 1 aromatic carbocycles. The van der Waals surface area contributed by atoms with E-state index in [1.165, 1.54) is 5.56 Å². The van der Waals surface area contributed by atoms with Crippen LogP contribution < -0.4 is 10.6 Å². The summed E-state index contributed by atoms with van der Waals surface area (Å²) in [6.07, 6.45) is 0. The van der Waals surface area contributed by atoms with Gasteiger partial charge in [-0.2, -0.15) is 4.68 Å². The molecule has 2 rings (SSSR count).